The van der Waals surface area contributed by atoms with E-state index in [1.165, 1.54) is 36.8 Å². The predicted molar refractivity (Wildman–Crippen MR) is 103 cm³/mol. The van der Waals surface area contributed by atoms with Gasteiger partial charge in [0.25, 0.3) is 0 Å². The number of hydrogen-bond acceptors (Lipinski definition) is 2. The van der Waals surface area contributed by atoms with E-state index in [1.807, 2.05) is 0 Å². The van der Waals surface area contributed by atoms with Crippen LogP contribution < -0.4 is 0 Å². The van der Waals surface area contributed by atoms with Gasteiger partial charge in [0, 0.05) is 0 Å². The average Bonchev–Trinajstić information content (AvgIpc) is 2.91. The average molecular weight is 339 g/mol. The molecule has 0 aliphatic carbocycles. The van der Waals surface area contributed by atoms with Gasteiger partial charge in [-0.1, -0.05) is 59.6 Å². The summed E-state index contributed by atoms with van der Waals surface area (Å²) < 4.78 is 12.5. The van der Waals surface area contributed by atoms with Gasteiger partial charge in [-0.15, -0.1) is 0 Å². The van der Waals surface area contributed by atoms with Gasteiger partial charge in [-0.2, -0.15) is 0 Å². The zero-order chi connectivity index (χ0) is 17.7. The predicted octanol–water partition coefficient (Wildman–Crippen LogP) is 6.25. The minimum Gasteiger partial charge on any atom is -0.411 e. The summed E-state index contributed by atoms with van der Waals surface area (Å²) in [4.78, 5) is 0. The summed E-state index contributed by atoms with van der Waals surface area (Å²) in [6.07, 6.45) is 8.56. The van der Waals surface area contributed by atoms with E-state index in [-0.39, 0.29) is 17.2 Å². The normalized spacial score (nSPS) is 20.5. The molecular formula is C20H38O2Si. The topological polar surface area (TPSA) is 18.5 Å². The summed E-state index contributed by atoms with van der Waals surface area (Å²) in [5.41, 5.74) is 2.53. The minimum absolute atomic E-state index is 0.0581. The molecule has 1 aliphatic heterocycles. The quantitative estimate of drug-likeness (QED) is 0.365. The third kappa shape index (κ3) is 5.88. The van der Waals surface area contributed by atoms with Crippen LogP contribution in [0.15, 0.2) is 23.8 Å². The van der Waals surface area contributed by atoms with E-state index in [1.54, 1.807) is 0 Å². The zero-order valence-corrected chi connectivity index (χ0v) is 17.5. The van der Waals surface area contributed by atoms with Gasteiger partial charge in [-0.25, -0.2) is 0 Å². The first-order valence-electron chi connectivity index (χ1n) is 9.27. The van der Waals surface area contributed by atoms with Crippen molar-refractivity contribution < 1.29 is 9.16 Å². The smallest absolute Gasteiger partial charge is 0.192 e. The van der Waals surface area contributed by atoms with Crippen molar-refractivity contribution in [2.75, 3.05) is 6.61 Å². The molecule has 0 aromatic rings. The van der Waals surface area contributed by atoms with Crippen LogP contribution in [-0.4, -0.2) is 27.1 Å². The lowest BCUT2D eigenvalue weighted by molar-refractivity contribution is 0.0253. The third-order valence-corrected chi connectivity index (χ3v) is 9.91. The van der Waals surface area contributed by atoms with Crippen molar-refractivity contribution in [3.05, 3.63) is 23.8 Å². The highest BCUT2D eigenvalue weighted by molar-refractivity contribution is 6.74. The molecule has 0 bridgehead atoms. The van der Waals surface area contributed by atoms with Gasteiger partial charge in [0.2, 0.25) is 0 Å². The number of unbranched alkanes of at least 4 members (excludes halogenated alkanes) is 3. The highest BCUT2D eigenvalue weighted by Gasteiger charge is 2.41. The van der Waals surface area contributed by atoms with Crippen LogP contribution in [-0.2, 0) is 9.16 Å². The van der Waals surface area contributed by atoms with Crippen molar-refractivity contribution in [3.63, 3.8) is 0 Å². The van der Waals surface area contributed by atoms with E-state index < -0.39 is 8.32 Å². The molecule has 2 atom stereocenters. The molecule has 0 spiro atoms. The Hall–Kier alpha value is -0.383. The fraction of sp³-hybridized carbons (Fsp3) is 0.800. The Kier molecular flexibility index (Phi) is 7.76. The fourth-order valence-corrected chi connectivity index (χ4v) is 4.20. The van der Waals surface area contributed by atoms with E-state index >= 15 is 0 Å². The summed E-state index contributed by atoms with van der Waals surface area (Å²) in [5.74, 6) is 0. The van der Waals surface area contributed by atoms with Crippen LogP contribution in [0.5, 0.6) is 0 Å². The van der Waals surface area contributed by atoms with Crippen LogP contribution in [0.4, 0.5) is 0 Å². The SMILES string of the molecule is C=C(CCCCCC)C1=CCO[C@H]1[C@H](C)O[Si](C)(C)C(C)(C)C. The van der Waals surface area contributed by atoms with Gasteiger partial charge in [-0.3, -0.25) is 0 Å². The van der Waals surface area contributed by atoms with Gasteiger partial charge >= 0.3 is 0 Å². The molecule has 0 aromatic carbocycles. The monoisotopic (exact) mass is 338 g/mol. The van der Waals surface area contributed by atoms with E-state index in [0.717, 1.165) is 6.42 Å². The summed E-state index contributed by atoms with van der Waals surface area (Å²) in [6.45, 7) is 20.9. The van der Waals surface area contributed by atoms with Crippen molar-refractivity contribution in [3.8, 4) is 0 Å². The molecule has 0 fully saturated rings. The van der Waals surface area contributed by atoms with Crippen LogP contribution in [0.2, 0.25) is 18.1 Å². The molecular weight excluding hydrogens is 300 g/mol. The van der Waals surface area contributed by atoms with Crippen LogP contribution in [0.3, 0.4) is 0 Å². The molecule has 134 valence electrons. The van der Waals surface area contributed by atoms with Crippen LogP contribution in [0, 0.1) is 0 Å². The largest absolute Gasteiger partial charge is 0.411 e. The van der Waals surface area contributed by atoms with Gasteiger partial charge < -0.3 is 9.16 Å². The van der Waals surface area contributed by atoms with Gasteiger partial charge in [0.1, 0.15) is 6.10 Å². The highest BCUT2D eigenvalue weighted by atomic mass is 28.4. The van der Waals surface area contributed by atoms with Gasteiger partial charge in [0.15, 0.2) is 8.32 Å². The maximum absolute atomic E-state index is 6.54. The first kappa shape index (κ1) is 20.7. The fourth-order valence-electron chi connectivity index (χ4n) is 2.79. The standard InChI is InChI=1S/C20H38O2Si/c1-9-10-11-12-13-16(2)18-14-15-21-19(18)17(3)22-23(7,8)20(4,5)6/h14,17,19H,2,9-13,15H2,1,3-8H3/t17-,19-/m0/s1. The molecule has 0 unspecified atom stereocenters. The molecule has 0 N–H and O–H groups in total. The lowest BCUT2D eigenvalue weighted by atomic mass is 9.95. The van der Waals surface area contributed by atoms with Crippen LogP contribution in [0.1, 0.15) is 66.7 Å². The van der Waals surface area contributed by atoms with Crippen molar-refractivity contribution in [2.45, 2.75) is 97.1 Å². The summed E-state index contributed by atoms with van der Waals surface area (Å²) in [5, 5.41) is 0.223. The van der Waals surface area contributed by atoms with Crippen LogP contribution >= 0.6 is 0 Å². The van der Waals surface area contributed by atoms with E-state index in [9.17, 15) is 0 Å². The first-order valence-corrected chi connectivity index (χ1v) is 12.2. The molecule has 1 rings (SSSR count). The number of hydrogen-bond donors (Lipinski definition) is 0. The maximum Gasteiger partial charge on any atom is 0.192 e. The second kappa shape index (κ2) is 8.64. The number of rotatable bonds is 9. The van der Waals surface area contributed by atoms with Gasteiger partial charge in [0.05, 0.1) is 12.7 Å². The molecule has 0 aromatic heterocycles. The highest BCUT2D eigenvalue weighted by Crippen LogP contribution is 2.39. The van der Waals surface area contributed by atoms with E-state index in [2.05, 4.69) is 60.4 Å². The molecule has 3 heteroatoms. The lowest BCUT2D eigenvalue weighted by Gasteiger charge is -2.40. The van der Waals surface area contributed by atoms with E-state index in [0.29, 0.717) is 6.61 Å². The van der Waals surface area contributed by atoms with Crippen LogP contribution in [0.25, 0.3) is 0 Å². The Morgan fingerprint density at radius 3 is 2.57 bits per heavy atom. The Bertz CT molecular complexity index is 418. The van der Waals surface area contributed by atoms with Crippen molar-refractivity contribution in [2.24, 2.45) is 0 Å². The third-order valence-electron chi connectivity index (χ3n) is 5.34. The maximum atomic E-state index is 6.54. The Labute approximate surface area is 145 Å². The molecule has 0 radical (unpaired) electrons. The summed E-state index contributed by atoms with van der Waals surface area (Å²) >= 11 is 0. The molecule has 0 saturated carbocycles. The Morgan fingerprint density at radius 1 is 1.35 bits per heavy atom. The molecule has 0 saturated heterocycles. The first-order chi connectivity index (χ1) is 10.6. The second-order valence-corrected chi connectivity index (χ2v) is 13.2. The molecule has 1 heterocycles. The lowest BCUT2D eigenvalue weighted by Crippen LogP contribution is -2.46. The van der Waals surface area contributed by atoms with Crippen molar-refractivity contribution in [1.29, 1.82) is 0 Å². The molecule has 1 aliphatic rings. The van der Waals surface area contributed by atoms with E-state index in [4.69, 9.17) is 9.16 Å². The minimum atomic E-state index is -1.77. The van der Waals surface area contributed by atoms with Gasteiger partial charge in [-0.05, 0) is 49.0 Å². The zero-order valence-electron chi connectivity index (χ0n) is 16.5. The molecule has 0 amide bonds. The van der Waals surface area contributed by atoms with Crippen molar-refractivity contribution in [1.82, 2.24) is 0 Å². The molecule has 23 heavy (non-hydrogen) atoms. The molecule has 2 nitrogen and oxygen atoms in total. The Balaban J connectivity index is 2.62. The summed E-state index contributed by atoms with van der Waals surface area (Å²) in [7, 11) is -1.77. The number of ether oxygens (including phenoxy) is 1. The second-order valence-electron chi connectivity index (χ2n) is 8.41. The van der Waals surface area contributed by atoms with Crippen molar-refractivity contribution >= 4 is 8.32 Å². The summed E-state index contributed by atoms with van der Waals surface area (Å²) in [6, 6.07) is 0. The Morgan fingerprint density at radius 2 is 2.00 bits per heavy atom.